The summed E-state index contributed by atoms with van der Waals surface area (Å²) in [6.07, 6.45) is 3.47. The van der Waals surface area contributed by atoms with Crippen LogP contribution in [0.15, 0.2) is 47.5 Å². The SMILES string of the molecule is CC(C)n1nccc1CNc1ccc2cc[nH]c(=O)c2c1. The zero-order valence-corrected chi connectivity index (χ0v) is 12.1. The van der Waals surface area contributed by atoms with Crippen molar-refractivity contribution in [1.82, 2.24) is 14.8 Å². The molecular weight excluding hydrogens is 264 g/mol. The first-order chi connectivity index (χ1) is 10.1. The van der Waals surface area contributed by atoms with E-state index < -0.39 is 0 Å². The van der Waals surface area contributed by atoms with Gasteiger partial charge in [-0.2, -0.15) is 5.10 Å². The summed E-state index contributed by atoms with van der Waals surface area (Å²) in [6.45, 7) is 4.88. The molecule has 21 heavy (non-hydrogen) atoms. The van der Waals surface area contributed by atoms with E-state index >= 15 is 0 Å². The van der Waals surface area contributed by atoms with Gasteiger partial charge in [0.1, 0.15) is 0 Å². The van der Waals surface area contributed by atoms with E-state index in [-0.39, 0.29) is 5.56 Å². The van der Waals surface area contributed by atoms with Gasteiger partial charge < -0.3 is 10.3 Å². The van der Waals surface area contributed by atoms with Crippen molar-refractivity contribution in [3.8, 4) is 0 Å². The van der Waals surface area contributed by atoms with E-state index in [2.05, 4.69) is 29.2 Å². The molecule has 0 aliphatic carbocycles. The van der Waals surface area contributed by atoms with Crippen molar-refractivity contribution < 1.29 is 0 Å². The van der Waals surface area contributed by atoms with E-state index in [1.165, 1.54) is 0 Å². The van der Waals surface area contributed by atoms with Crippen LogP contribution in [-0.4, -0.2) is 14.8 Å². The Bertz CT molecular complexity index is 816. The summed E-state index contributed by atoms with van der Waals surface area (Å²) in [6, 6.07) is 10.0. The topological polar surface area (TPSA) is 62.7 Å². The first-order valence-electron chi connectivity index (χ1n) is 7.03. The van der Waals surface area contributed by atoms with Crippen molar-refractivity contribution in [3.63, 3.8) is 0 Å². The first-order valence-corrected chi connectivity index (χ1v) is 7.03. The molecule has 0 saturated heterocycles. The van der Waals surface area contributed by atoms with Gasteiger partial charge in [0.25, 0.3) is 5.56 Å². The van der Waals surface area contributed by atoms with Crippen molar-refractivity contribution in [2.45, 2.75) is 26.4 Å². The van der Waals surface area contributed by atoms with Crippen molar-refractivity contribution in [3.05, 3.63) is 58.8 Å². The monoisotopic (exact) mass is 282 g/mol. The molecule has 0 saturated carbocycles. The van der Waals surface area contributed by atoms with Gasteiger partial charge in [-0.15, -0.1) is 0 Å². The van der Waals surface area contributed by atoms with Crippen LogP contribution in [0.2, 0.25) is 0 Å². The van der Waals surface area contributed by atoms with Gasteiger partial charge in [-0.1, -0.05) is 6.07 Å². The molecule has 2 N–H and O–H groups in total. The largest absolute Gasteiger partial charge is 0.379 e. The molecule has 5 heteroatoms. The number of fused-ring (bicyclic) bond motifs is 1. The summed E-state index contributed by atoms with van der Waals surface area (Å²) in [7, 11) is 0. The van der Waals surface area contributed by atoms with E-state index in [0.29, 0.717) is 18.0 Å². The maximum absolute atomic E-state index is 11.8. The number of benzene rings is 1. The molecule has 2 heterocycles. The molecule has 0 aliphatic rings. The standard InChI is InChI=1S/C16H18N4O/c1-11(2)20-14(6-8-19-20)10-18-13-4-3-12-5-7-17-16(21)15(12)9-13/h3-9,11,18H,10H2,1-2H3,(H,17,21). The van der Waals surface area contributed by atoms with Gasteiger partial charge in [0, 0.05) is 29.5 Å². The van der Waals surface area contributed by atoms with Gasteiger partial charge >= 0.3 is 0 Å². The lowest BCUT2D eigenvalue weighted by atomic mass is 10.1. The number of pyridine rings is 1. The molecular formula is C16H18N4O. The third kappa shape index (κ3) is 2.67. The lowest BCUT2D eigenvalue weighted by Crippen LogP contribution is -2.11. The Hall–Kier alpha value is -2.56. The quantitative estimate of drug-likeness (QED) is 0.773. The molecule has 3 aromatic rings. The number of anilines is 1. The molecule has 0 aliphatic heterocycles. The Kier molecular flexibility index (Phi) is 3.48. The summed E-state index contributed by atoms with van der Waals surface area (Å²) in [5.74, 6) is 0. The molecule has 0 bridgehead atoms. The highest BCUT2D eigenvalue weighted by atomic mass is 16.1. The van der Waals surface area contributed by atoms with Crippen LogP contribution in [-0.2, 0) is 6.54 Å². The van der Waals surface area contributed by atoms with E-state index in [1.54, 1.807) is 6.20 Å². The van der Waals surface area contributed by atoms with Gasteiger partial charge in [-0.3, -0.25) is 9.48 Å². The Morgan fingerprint density at radius 1 is 1.29 bits per heavy atom. The fourth-order valence-electron chi connectivity index (χ4n) is 2.43. The summed E-state index contributed by atoms with van der Waals surface area (Å²) in [5, 5.41) is 9.30. The molecule has 5 nitrogen and oxygen atoms in total. The highest BCUT2D eigenvalue weighted by Gasteiger charge is 2.06. The van der Waals surface area contributed by atoms with Crippen molar-refractivity contribution in [1.29, 1.82) is 0 Å². The van der Waals surface area contributed by atoms with Crippen LogP contribution in [0.1, 0.15) is 25.6 Å². The second kappa shape index (κ2) is 5.44. The smallest absolute Gasteiger partial charge is 0.255 e. The lowest BCUT2D eigenvalue weighted by molar-refractivity contribution is 0.512. The first kappa shape index (κ1) is 13.4. The normalized spacial score (nSPS) is 11.2. The molecule has 0 spiro atoms. The van der Waals surface area contributed by atoms with E-state index in [4.69, 9.17) is 0 Å². The average Bonchev–Trinajstić information content (AvgIpc) is 2.94. The van der Waals surface area contributed by atoms with Gasteiger partial charge in [0.2, 0.25) is 0 Å². The van der Waals surface area contributed by atoms with Crippen LogP contribution in [0, 0.1) is 0 Å². The Morgan fingerprint density at radius 3 is 2.95 bits per heavy atom. The molecule has 1 aromatic carbocycles. The molecule has 0 radical (unpaired) electrons. The lowest BCUT2D eigenvalue weighted by Gasteiger charge is -2.12. The number of aromatic nitrogens is 3. The third-order valence-corrected chi connectivity index (χ3v) is 3.49. The minimum atomic E-state index is -0.0663. The Morgan fingerprint density at radius 2 is 2.14 bits per heavy atom. The van der Waals surface area contributed by atoms with E-state index in [0.717, 1.165) is 16.8 Å². The van der Waals surface area contributed by atoms with Gasteiger partial charge in [-0.05, 0) is 43.5 Å². The van der Waals surface area contributed by atoms with Crippen LogP contribution in [0.3, 0.4) is 0 Å². The summed E-state index contributed by atoms with van der Waals surface area (Å²) in [5.41, 5.74) is 1.98. The fraction of sp³-hybridized carbons (Fsp3) is 0.250. The Labute approximate surface area is 122 Å². The zero-order chi connectivity index (χ0) is 14.8. The van der Waals surface area contributed by atoms with Gasteiger partial charge in [-0.25, -0.2) is 0 Å². The van der Waals surface area contributed by atoms with Crippen LogP contribution >= 0.6 is 0 Å². The number of hydrogen-bond donors (Lipinski definition) is 2. The molecule has 0 unspecified atom stereocenters. The van der Waals surface area contributed by atoms with Crippen LogP contribution in [0.25, 0.3) is 10.8 Å². The second-order valence-corrected chi connectivity index (χ2v) is 5.32. The highest BCUT2D eigenvalue weighted by Crippen LogP contribution is 2.17. The molecule has 0 fully saturated rings. The van der Waals surface area contributed by atoms with Crippen molar-refractivity contribution in [2.75, 3.05) is 5.32 Å². The minimum absolute atomic E-state index is 0.0663. The van der Waals surface area contributed by atoms with E-state index in [9.17, 15) is 4.79 Å². The number of H-pyrrole nitrogens is 1. The number of nitrogens with zero attached hydrogens (tertiary/aromatic N) is 2. The maximum atomic E-state index is 11.8. The maximum Gasteiger partial charge on any atom is 0.255 e. The van der Waals surface area contributed by atoms with Crippen LogP contribution in [0.4, 0.5) is 5.69 Å². The summed E-state index contributed by atoms with van der Waals surface area (Å²) < 4.78 is 1.99. The van der Waals surface area contributed by atoms with Crippen LogP contribution < -0.4 is 10.9 Å². The van der Waals surface area contributed by atoms with Gasteiger partial charge in [0.05, 0.1) is 12.2 Å². The summed E-state index contributed by atoms with van der Waals surface area (Å²) >= 11 is 0. The van der Waals surface area contributed by atoms with Crippen LogP contribution in [0.5, 0.6) is 0 Å². The number of nitrogens with one attached hydrogen (secondary N) is 2. The molecule has 108 valence electrons. The molecule has 3 rings (SSSR count). The summed E-state index contributed by atoms with van der Waals surface area (Å²) in [4.78, 5) is 14.5. The number of hydrogen-bond acceptors (Lipinski definition) is 3. The third-order valence-electron chi connectivity index (χ3n) is 3.49. The number of rotatable bonds is 4. The molecule has 0 atom stereocenters. The van der Waals surface area contributed by atoms with E-state index in [1.807, 2.05) is 41.2 Å². The molecule has 2 aromatic heterocycles. The minimum Gasteiger partial charge on any atom is -0.379 e. The zero-order valence-electron chi connectivity index (χ0n) is 12.1. The highest BCUT2D eigenvalue weighted by molar-refractivity contribution is 5.84. The fourth-order valence-corrected chi connectivity index (χ4v) is 2.43. The second-order valence-electron chi connectivity index (χ2n) is 5.32. The average molecular weight is 282 g/mol. The predicted octanol–water partition coefficient (Wildman–Crippen LogP) is 2.92. The van der Waals surface area contributed by atoms with Crippen molar-refractivity contribution in [2.24, 2.45) is 0 Å². The molecule has 0 amide bonds. The van der Waals surface area contributed by atoms with Crippen molar-refractivity contribution >= 4 is 16.5 Å². The number of aromatic amines is 1. The Balaban J connectivity index is 1.84. The van der Waals surface area contributed by atoms with Gasteiger partial charge in [0.15, 0.2) is 0 Å². The predicted molar refractivity (Wildman–Crippen MR) is 84.5 cm³/mol.